The van der Waals surface area contributed by atoms with E-state index in [-0.39, 0.29) is 66.8 Å². The van der Waals surface area contributed by atoms with Gasteiger partial charge in [-0.2, -0.15) is 0 Å². The molecule has 0 aromatic rings. The first-order chi connectivity index (χ1) is 28.3. The zero-order chi connectivity index (χ0) is 44.3. The van der Waals surface area contributed by atoms with Gasteiger partial charge in [0.1, 0.15) is 23.7 Å². The van der Waals surface area contributed by atoms with E-state index < -0.39 is 66.2 Å². The van der Waals surface area contributed by atoms with Crippen LogP contribution >= 0.6 is 0 Å². The van der Waals surface area contributed by atoms with Crippen LogP contribution in [0.5, 0.6) is 0 Å². The maximum absolute atomic E-state index is 14.2. The maximum Gasteiger partial charge on any atom is 0.329 e. The molecule has 338 valence electrons. The van der Waals surface area contributed by atoms with E-state index in [1.54, 1.807) is 19.9 Å². The second-order valence-electron chi connectivity index (χ2n) is 18.9. The molecule has 5 N–H and O–H groups in total. The molecule has 3 fully saturated rings. The Bertz CT molecular complexity index is 1590. The fourth-order valence-corrected chi connectivity index (χ4v) is 9.37. The molecule has 0 aromatic heterocycles. The summed E-state index contributed by atoms with van der Waals surface area (Å²) >= 11 is 0. The van der Waals surface area contributed by atoms with Crippen molar-refractivity contribution in [3.8, 4) is 0 Å². The molecule has 0 aromatic carbocycles. The Morgan fingerprint density at radius 3 is 2.25 bits per heavy atom. The van der Waals surface area contributed by atoms with E-state index in [4.69, 9.17) is 9.47 Å². The third-order valence-electron chi connectivity index (χ3n) is 13.7. The Balaban J connectivity index is 1.62. The number of cyclic esters (lactones) is 1. The first kappa shape index (κ1) is 49.7. The Kier molecular flexibility index (Phi) is 19.0. The highest BCUT2D eigenvalue weighted by Gasteiger charge is 2.46. The number of rotatable bonds is 3. The molecular weight excluding hydrogens is 767 g/mol. The molecule has 60 heavy (non-hydrogen) atoms. The number of hydrogen-bond acceptors (Lipinski definition) is 11. The highest BCUT2D eigenvalue weighted by molar-refractivity contribution is 5.86. The van der Waals surface area contributed by atoms with Crippen molar-refractivity contribution in [1.82, 2.24) is 4.90 Å². The van der Waals surface area contributed by atoms with Gasteiger partial charge in [-0.1, -0.05) is 71.1 Å². The third kappa shape index (κ3) is 14.3. The summed E-state index contributed by atoms with van der Waals surface area (Å²) in [7, 11) is 0. The monoisotopic (exact) mass is 842 g/mol. The van der Waals surface area contributed by atoms with E-state index in [1.807, 2.05) is 65.0 Å². The quantitative estimate of drug-likeness (QED) is 0.164. The number of piperidine rings is 1. The molecule has 2 saturated heterocycles. The van der Waals surface area contributed by atoms with Gasteiger partial charge < -0.3 is 39.9 Å². The molecule has 3 heterocycles. The normalized spacial score (nSPS) is 38.7. The van der Waals surface area contributed by atoms with Crippen LogP contribution in [-0.2, 0) is 28.7 Å². The van der Waals surface area contributed by atoms with Gasteiger partial charge in [0.2, 0.25) is 5.91 Å². The van der Waals surface area contributed by atoms with Crippen molar-refractivity contribution < 1.29 is 54.2 Å². The van der Waals surface area contributed by atoms with Gasteiger partial charge in [0.15, 0.2) is 5.79 Å². The number of carbonyl (C=O) groups excluding carboxylic acids is 4. The zero-order valence-corrected chi connectivity index (χ0v) is 37.2. The molecular formula is C48H75NO11. The van der Waals surface area contributed by atoms with Crippen molar-refractivity contribution in [3.63, 3.8) is 0 Å². The summed E-state index contributed by atoms with van der Waals surface area (Å²) in [6.45, 7) is 13.2. The average Bonchev–Trinajstić information content (AvgIpc) is 3.19. The van der Waals surface area contributed by atoms with E-state index in [2.05, 4.69) is 0 Å². The molecule has 1 saturated carbocycles. The molecule has 1 amide bonds. The number of aliphatic hydroxyl groups excluding tert-OH is 4. The fraction of sp³-hybridized carbons (Fsp3) is 0.750. The number of ketones is 2. The molecule has 12 nitrogen and oxygen atoms in total. The van der Waals surface area contributed by atoms with Gasteiger partial charge in [0.25, 0.3) is 0 Å². The molecule has 14 unspecified atom stereocenters. The Morgan fingerprint density at radius 1 is 0.800 bits per heavy atom. The van der Waals surface area contributed by atoms with E-state index in [9.17, 15) is 44.7 Å². The molecule has 12 heteroatoms. The lowest BCUT2D eigenvalue weighted by atomic mass is 9.78. The fourth-order valence-electron chi connectivity index (χ4n) is 9.37. The van der Waals surface area contributed by atoms with Gasteiger partial charge >= 0.3 is 5.97 Å². The first-order valence-electron chi connectivity index (χ1n) is 22.7. The van der Waals surface area contributed by atoms with Crippen molar-refractivity contribution >= 4 is 23.4 Å². The number of Topliss-reactive ketones (excluding diaryl/α,β-unsaturated/α-hetero) is 2. The number of carbonyl (C=O) groups is 4. The van der Waals surface area contributed by atoms with E-state index in [1.165, 1.54) is 4.90 Å². The van der Waals surface area contributed by atoms with Crippen molar-refractivity contribution in [2.24, 2.45) is 35.5 Å². The van der Waals surface area contributed by atoms with Gasteiger partial charge in [-0.05, 0) is 107 Å². The van der Waals surface area contributed by atoms with Crippen molar-refractivity contribution in [2.45, 2.75) is 187 Å². The predicted molar refractivity (Wildman–Crippen MR) is 229 cm³/mol. The summed E-state index contributed by atoms with van der Waals surface area (Å²) in [4.78, 5) is 56.9. The molecule has 1 aliphatic carbocycles. The summed E-state index contributed by atoms with van der Waals surface area (Å²) in [5, 5.41) is 54.5. The minimum atomic E-state index is -1.80. The van der Waals surface area contributed by atoms with E-state index >= 15 is 0 Å². The standard InChI is InChI=1S/C48H75NO11/c1-29-13-9-8-10-14-30(2)40(51)25-37-18-16-35(7)48(58,60-37)28-46(56)49-20-12-11-15-38(49)47(57)59-45(34(6)23-36-17-19-39(50)44(55)24-36)27-43(54)33(5)22-32(4)42(53)26-41(52)31(3)21-29/h8-10,13-14,22,29,31,33-40,42,44-45,50-51,53,55,58H,11-12,15-21,23-28H2,1-7H3. The maximum atomic E-state index is 14.2. The van der Waals surface area contributed by atoms with Crippen LogP contribution in [0.3, 0.4) is 0 Å². The van der Waals surface area contributed by atoms with Crippen molar-refractivity contribution in [1.29, 1.82) is 0 Å². The number of amides is 1. The minimum Gasteiger partial charge on any atom is -0.460 e. The number of aliphatic hydroxyl groups is 5. The number of hydrogen-bond donors (Lipinski definition) is 5. The SMILES string of the molecule is CC1=CC(C)C(=O)CC(C(C)CC2CCC(O)C(O)C2)OC(=O)C2CCCCN2C(=O)CC2(O)OC(CCC2C)CC(O)C(C)=CC=CC=CC(C)CC(C)C(=O)CC1O. The van der Waals surface area contributed by atoms with Crippen molar-refractivity contribution in [2.75, 3.05) is 6.54 Å². The number of allylic oxidation sites excluding steroid dienone is 6. The van der Waals surface area contributed by atoms with Gasteiger partial charge in [0, 0.05) is 43.6 Å². The van der Waals surface area contributed by atoms with Crippen LogP contribution in [0.2, 0.25) is 0 Å². The lowest BCUT2D eigenvalue weighted by Crippen LogP contribution is -2.54. The number of ether oxygens (including phenoxy) is 2. The Hall–Kier alpha value is -3.00. The molecule has 3 aliphatic heterocycles. The summed E-state index contributed by atoms with van der Waals surface area (Å²) in [6.07, 6.45) is 11.4. The minimum absolute atomic E-state index is 0.0446. The summed E-state index contributed by atoms with van der Waals surface area (Å²) < 4.78 is 12.5. The van der Waals surface area contributed by atoms with Crippen LogP contribution < -0.4 is 0 Å². The highest BCUT2D eigenvalue weighted by Crippen LogP contribution is 2.38. The van der Waals surface area contributed by atoms with Crippen molar-refractivity contribution in [3.05, 3.63) is 47.6 Å². The summed E-state index contributed by atoms with van der Waals surface area (Å²) in [5.74, 6) is -4.65. The molecule has 2 bridgehead atoms. The van der Waals surface area contributed by atoms with E-state index in [0.717, 1.165) is 0 Å². The number of nitrogens with zero attached hydrogens (tertiary/aromatic N) is 1. The number of esters is 1. The summed E-state index contributed by atoms with van der Waals surface area (Å²) in [5.41, 5.74) is 1.22. The second kappa shape index (κ2) is 22.9. The highest BCUT2D eigenvalue weighted by atomic mass is 16.6. The van der Waals surface area contributed by atoms with E-state index in [0.29, 0.717) is 81.9 Å². The lowest BCUT2D eigenvalue weighted by molar-refractivity contribution is -0.283. The predicted octanol–water partition coefficient (Wildman–Crippen LogP) is 6.07. The molecule has 4 aliphatic rings. The Morgan fingerprint density at radius 2 is 1.53 bits per heavy atom. The summed E-state index contributed by atoms with van der Waals surface area (Å²) in [6, 6.07) is -0.924. The lowest BCUT2D eigenvalue weighted by Gasteiger charge is -2.44. The second-order valence-corrected chi connectivity index (χ2v) is 18.9. The molecule has 0 radical (unpaired) electrons. The molecule has 0 spiro atoms. The van der Waals surface area contributed by atoms with Crippen LogP contribution in [0.15, 0.2) is 47.6 Å². The first-order valence-corrected chi connectivity index (χ1v) is 22.7. The average molecular weight is 842 g/mol. The van der Waals surface area contributed by atoms with Gasteiger partial charge in [0.05, 0.1) is 36.9 Å². The van der Waals surface area contributed by atoms with Gasteiger partial charge in [-0.25, -0.2) is 4.79 Å². The molecule has 4 rings (SSSR count). The van der Waals surface area contributed by atoms with Crippen LogP contribution in [0, 0.1) is 35.5 Å². The van der Waals surface area contributed by atoms with Gasteiger partial charge in [-0.15, -0.1) is 0 Å². The Labute approximate surface area is 358 Å². The topological polar surface area (TPSA) is 191 Å². The smallest absolute Gasteiger partial charge is 0.329 e. The van der Waals surface area contributed by atoms with Crippen LogP contribution in [0.25, 0.3) is 0 Å². The number of fused-ring (bicyclic) bond motifs is 3. The van der Waals surface area contributed by atoms with Crippen LogP contribution in [0.4, 0.5) is 0 Å². The third-order valence-corrected chi connectivity index (χ3v) is 13.7. The molecule has 14 atom stereocenters. The van der Waals surface area contributed by atoms with Crippen LogP contribution in [-0.4, -0.2) is 109 Å². The largest absolute Gasteiger partial charge is 0.460 e. The van der Waals surface area contributed by atoms with Crippen LogP contribution in [0.1, 0.15) is 138 Å². The zero-order valence-electron chi connectivity index (χ0n) is 37.2. The van der Waals surface area contributed by atoms with Gasteiger partial charge in [-0.3, -0.25) is 14.4 Å².